The highest BCUT2D eigenvalue weighted by Gasteiger charge is 2.32. The van der Waals surface area contributed by atoms with Crippen LogP contribution >= 0.6 is 15.9 Å². The lowest BCUT2D eigenvalue weighted by Crippen LogP contribution is -2.05. The number of nitrogens with zero attached hydrogens (tertiary/aromatic N) is 2. The molecule has 0 fully saturated rings. The standard InChI is InChI=1S/C14H12BrF3N2O/c15-12-5-3-10(4-6-12)13(21)2-1-7-20-9-11(8-19-20)14(16,17)18/h3-6,8-9H,1-2,7H2. The van der Waals surface area contributed by atoms with Gasteiger partial charge in [0.2, 0.25) is 0 Å². The fraction of sp³-hybridized carbons (Fsp3) is 0.286. The molecule has 0 aliphatic rings. The van der Waals surface area contributed by atoms with E-state index < -0.39 is 11.7 Å². The smallest absolute Gasteiger partial charge is 0.294 e. The number of aromatic nitrogens is 2. The third kappa shape index (κ3) is 4.42. The van der Waals surface area contributed by atoms with Crippen molar-refractivity contribution in [1.29, 1.82) is 0 Å². The molecule has 0 unspecified atom stereocenters. The van der Waals surface area contributed by atoms with Crippen LogP contribution in [0.3, 0.4) is 0 Å². The van der Waals surface area contributed by atoms with E-state index in [1.165, 1.54) is 4.68 Å². The molecule has 2 aromatic rings. The van der Waals surface area contributed by atoms with Gasteiger partial charge in [0, 0.05) is 29.2 Å². The van der Waals surface area contributed by atoms with Gasteiger partial charge in [-0.3, -0.25) is 9.48 Å². The Morgan fingerprint density at radius 1 is 1.24 bits per heavy atom. The highest BCUT2D eigenvalue weighted by Crippen LogP contribution is 2.28. The van der Waals surface area contributed by atoms with Gasteiger partial charge in [0.25, 0.3) is 0 Å². The molecule has 1 aromatic carbocycles. The number of ketones is 1. The molecular weight excluding hydrogens is 349 g/mol. The van der Waals surface area contributed by atoms with Crippen LogP contribution in [0.15, 0.2) is 41.1 Å². The summed E-state index contributed by atoms with van der Waals surface area (Å²) in [6.45, 7) is 0.276. The van der Waals surface area contributed by atoms with Crippen LogP contribution in [0, 0.1) is 0 Å². The van der Waals surface area contributed by atoms with Crippen LogP contribution in [0.4, 0.5) is 13.2 Å². The number of alkyl halides is 3. The SMILES string of the molecule is O=C(CCCn1cc(C(F)(F)F)cn1)c1ccc(Br)cc1. The average Bonchev–Trinajstić information content (AvgIpc) is 2.88. The number of halogens is 4. The molecule has 0 saturated carbocycles. The van der Waals surface area contributed by atoms with Crippen LogP contribution in [0.2, 0.25) is 0 Å². The Balaban J connectivity index is 1.85. The molecule has 0 aliphatic carbocycles. The van der Waals surface area contributed by atoms with Crippen LogP contribution in [0.25, 0.3) is 0 Å². The van der Waals surface area contributed by atoms with E-state index in [-0.39, 0.29) is 18.7 Å². The van der Waals surface area contributed by atoms with Gasteiger partial charge >= 0.3 is 6.18 Å². The fourth-order valence-corrected chi connectivity index (χ4v) is 2.08. The molecule has 0 radical (unpaired) electrons. The van der Waals surface area contributed by atoms with E-state index in [9.17, 15) is 18.0 Å². The number of rotatable bonds is 5. The van der Waals surface area contributed by atoms with Gasteiger partial charge in [0.05, 0.1) is 11.8 Å². The van der Waals surface area contributed by atoms with Crippen molar-refractivity contribution in [3.05, 3.63) is 52.3 Å². The Bertz CT molecular complexity index is 620. The van der Waals surface area contributed by atoms with Gasteiger partial charge in [0.15, 0.2) is 5.78 Å². The number of hydrogen-bond acceptors (Lipinski definition) is 2. The maximum atomic E-state index is 12.4. The number of aryl methyl sites for hydroxylation is 1. The number of hydrogen-bond donors (Lipinski definition) is 0. The third-order valence-electron chi connectivity index (χ3n) is 2.92. The van der Waals surface area contributed by atoms with Crippen molar-refractivity contribution in [3.63, 3.8) is 0 Å². The zero-order valence-corrected chi connectivity index (χ0v) is 12.5. The van der Waals surface area contributed by atoms with Gasteiger partial charge in [-0.2, -0.15) is 18.3 Å². The number of benzene rings is 1. The minimum atomic E-state index is -4.38. The summed E-state index contributed by atoms with van der Waals surface area (Å²) in [6, 6.07) is 6.97. The Hall–Kier alpha value is -1.63. The minimum Gasteiger partial charge on any atom is -0.294 e. The largest absolute Gasteiger partial charge is 0.419 e. The lowest BCUT2D eigenvalue weighted by atomic mass is 10.1. The summed E-state index contributed by atoms with van der Waals surface area (Å²) in [5.41, 5.74) is -0.184. The van der Waals surface area contributed by atoms with Crippen molar-refractivity contribution in [2.24, 2.45) is 0 Å². The van der Waals surface area contributed by atoms with E-state index in [4.69, 9.17) is 0 Å². The first-order valence-corrected chi connectivity index (χ1v) is 7.04. The van der Waals surface area contributed by atoms with Crippen LogP contribution in [-0.2, 0) is 12.7 Å². The topological polar surface area (TPSA) is 34.9 Å². The first kappa shape index (κ1) is 15.8. The molecule has 0 spiro atoms. The highest BCUT2D eigenvalue weighted by atomic mass is 79.9. The van der Waals surface area contributed by atoms with Crippen LogP contribution in [0.1, 0.15) is 28.8 Å². The van der Waals surface area contributed by atoms with Gasteiger partial charge in [-0.05, 0) is 18.6 Å². The van der Waals surface area contributed by atoms with Crippen LogP contribution in [-0.4, -0.2) is 15.6 Å². The predicted molar refractivity (Wildman–Crippen MR) is 74.9 cm³/mol. The van der Waals surface area contributed by atoms with Gasteiger partial charge in [-0.25, -0.2) is 0 Å². The molecule has 1 heterocycles. The van der Waals surface area contributed by atoms with Crippen molar-refractivity contribution in [1.82, 2.24) is 9.78 Å². The van der Waals surface area contributed by atoms with Crippen molar-refractivity contribution in [3.8, 4) is 0 Å². The number of carbonyl (C=O) groups is 1. The van der Waals surface area contributed by atoms with Crippen molar-refractivity contribution in [2.45, 2.75) is 25.6 Å². The second-order valence-corrected chi connectivity index (χ2v) is 5.44. The number of Topliss-reactive ketones (excluding diaryl/α,β-unsaturated/α-hetero) is 1. The Morgan fingerprint density at radius 2 is 1.90 bits per heavy atom. The summed E-state index contributed by atoms with van der Waals surface area (Å²) in [4.78, 5) is 11.9. The lowest BCUT2D eigenvalue weighted by Gasteiger charge is -2.03. The molecular formula is C14H12BrF3N2O. The maximum absolute atomic E-state index is 12.4. The average molecular weight is 361 g/mol. The van der Waals surface area contributed by atoms with Gasteiger partial charge in [0.1, 0.15) is 0 Å². The molecule has 3 nitrogen and oxygen atoms in total. The first-order chi connectivity index (χ1) is 9.86. The molecule has 112 valence electrons. The Morgan fingerprint density at radius 3 is 2.48 bits per heavy atom. The minimum absolute atomic E-state index is 0.0364. The summed E-state index contributed by atoms with van der Waals surface area (Å²) in [5.74, 6) is -0.0364. The van der Waals surface area contributed by atoms with E-state index in [0.29, 0.717) is 12.0 Å². The monoisotopic (exact) mass is 360 g/mol. The predicted octanol–water partition coefficient (Wildman–Crippen LogP) is 4.33. The quantitative estimate of drug-likeness (QED) is 0.744. The summed E-state index contributed by atoms with van der Waals surface area (Å²) >= 11 is 3.28. The maximum Gasteiger partial charge on any atom is 0.419 e. The van der Waals surface area contributed by atoms with Crippen LogP contribution < -0.4 is 0 Å². The molecule has 7 heteroatoms. The van der Waals surface area contributed by atoms with E-state index in [2.05, 4.69) is 21.0 Å². The Kier molecular flexibility index (Phi) is 4.82. The van der Waals surface area contributed by atoms with Gasteiger partial charge in [-0.15, -0.1) is 0 Å². The molecule has 21 heavy (non-hydrogen) atoms. The van der Waals surface area contributed by atoms with E-state index in [1.807, 2.05) is 0 Å². The normalized spacial score (nSPS) is 11.6. The van der Waals surface area contributed by atoms with Crippen molar-refractivity contribution >= 4 is 21.7 Å². The van der Waals surface area contributed by atoms with Gasteiger partial charge < -0.3 is 0 Å². The summed E-state index contributed by atoms with van der Waals surface area (Å²) in [5, 5.41) is 3.64. The first-order valence-electron chi connectivity index (χ1n) is 6.24. The Labute approximate surface area is 127 Å². The third-order valence-corrected chi connectivity index (χ3v) is 3.45. The second-order valence-electron chi connectivity index (χ2n) is 4.52. The van der Waals surface area contributed by atoms with Crippen LogP contribution in [0.5, 0.6) is 0 Å². The zero-order chi connectivity index (χ0) is 15.5. The molecule has 0 amide bonds. The molecule has 0 aliphatic heterocycles. The van der Waals surface area contributed by atoms with Crippen molar-refractivity contribution in [2.75, 3.05) is 0 Å². The summed E-state index contributed by atoms with van der Waals surface area (Å²) < 4.78 is 39.3. The molecule has 0 bridgehead atoms. The zero-order valence-electron chi connectivity index (χ0n) is 10.9. The number of carbonyl (C=O) groups excluding carboxylic acids is 1. The molecule has 1 aromatic heterocycles. The summed E-state index contributed by atoms with van der Waals surface area (Å²) in [7, 11) is 0. The molecule has 0 saturated heterocycles. The fourth-order valence-electron chi connectivity index (χ4n) is 1.81. The highest BCUT2D eigenvalue weighted by molar-refractivity contribution is 9.10. The van der Waals surface area contributed by atoms with E-state index >= 15 is 0 Å². The van der Waals surface area contributed by atoms with E-state index in [1.54, 1.807) is 24.3 Å². The lowest BCUT2D eigenvalue weighted by molar-refractivity contribution is -0.137. The second kappa shape index (κ2) is 6.43. The van der Waals surface area contributed by atoms with Crippen molar-refractivity contribution < 1.29 is 18.0 Å². The molecule has 0 atom stereocenters. The van der Waals surface area contributed by atoms with E-state index in [0.717, 1.165) is 16.9 Å². The molecule has 2 rings (SSSR count). The van der Waals surface area contributed by atoms with Gasteiger partial charge in [-0.1, -0.05) is 28.1 Å². The molecule has 0 N–H and O–H groups in total. The summed E-state index contributed by atoms with van der Waals surface area (Å²) in [6.07, 6.45) is -1.94.